The zero-order valence-corrected chi connectivity index (χ0v) is 9.78. The fraction of sp³-hybridized carbons (Fsp3) is 0.200. The summed E-state index contributed by atoms with van der Waals surface area (Å²) in [5.74, 6) is -0.373. The number of methoxy groups -OCH3 is 1. The third-order valence-electron chi connectivity index (χ3n) is 2.07. The number of aryl methyl sites for hydroxylation is 1. The summed E-state index contributed by atoms with van der Waals surface area (Å²) in [6.07, 6.45) is 0. The highest BCUT2D eigenvalue weighted by molar-refractivity contribution is 7.13. The average Bonchev–Trinajstić information content (AvgIpc) is 2.61. The van der Waals surface area contributed by atoms with Crippen LogP contribution in [0, 0.1) is 6.92 Å². The highest BCUT2D eigenvalue weighted by atomic mass is 35.5. The molecule has 0 unspecified atom stereocenters. The molecule has 0 aromatic carbocycles. The lowest BCUT2D eigenvalue weighted by atomic mass is 10.2. The van der Waals surface area contributed by atoms with Crippen LogP contribution in [0.4, 0.5) is 0 Å². The third kappa shape index (κ3) is 1.70. The van der Waals surface area contributed by atoms with Crippen LogP contribution in [0.3, 0.4) is 0 Å². The summed E-state index contributed by atoms with van der Waals surface area (Å²) in [5.41, 5.74) is 1.51. The molecule has 0 fully saturated rings. The Kier molecular flexibility index (Phi) is 2.63. The number of rotatable bonds is 1. The highest BCUT2D eigenvalue weighted by Crippen LogP contribution is 2.28. The first-order valence-corrected chi connectivity index (χ1v) is 5.52. The molecule has 0 aliphatic rings. The molecule has 0 saturated heterocycles. The number of hydrogen-bond donors (Lipinski definition) is 0. The fourth-order valence-corrected chi connectivity index (χ4v) is 2.32. The van der Waals surface area contributed by atoms with Gasteiger partial charge in [-0.2, -0.15) is 0 Å². The second-order valence-electron chi connectivity index (χ2n) is 3.09. The van der Waals surface area contributed by atoms with Crippen molar-refractivity contribution in [3.63, 3.8) is 0 Å². The van der Waals surface area contributed by atoms with Crippen LogP contribution in [0.2, 0.25) is 5.15 Å². The predicted octanol–water partition coefficient (Wildman–Crippen LogP) is 3.04. The molecule has 3 nitrogen and oxygen atoms in total. The maximum atomic E-state index is 11.4. The van der Waals surface area contributed by atoms with Gasteiger partial charge in [-0.05, 0) is 18.6 Å². The van der Waals surface area contributed by atoms with Gasteiger partial charge in [-0.15, -0.1) is 11.3 Å². The molecular formula is C10H8ClNO2S. The van der Waals surface area contributed by atoms with Crippen LogP contribution in [0.5, 0.6) is 0 Å². The summed E-state index contributed by atoms with van der Waals surface area (Å²) in [7, 11) is 1.35. The summed E-state index contributed by atoms with van der Waals surface area (Å²) < 4.78 is 4.66. The number of carbonyl (C=O) groups excluding carboxylic acids is 1. The van der Waals surface area contributed by atoms with E-state index in [0.29, 0.717) is 15.5 Å². The highest BCUT2D eigenvalue weighted by Gasteiger charge is 2.15. The van der Waals surface area contributed by atoms with Crippen molar-refractivity contribution in [3.05, 3.63) is 27.0 Å². The molecule has 0 bridgehead atoms. The van der Waals surface area contributed by atoms with Crippen molar-refractivity contribution in [2.24, 2.45) is 0 Å². The fourth-order valence-electron chi connectivity index (χ4n) is 1.30. The van der Waals surface area contributed by atoms with Crippen molar-refractivity contribution in [1.29, 1.82) is 0 Å². The Morgan fingerprint density at radius 1 is 1.60 bits per heavy atom. The lowest BCUT2D eigenvalue weighted by Crippen LogP contribution is -1.99. The normalized spacial score (nSPS) is 10.6. The van der Waals surface area contributed by atoms with Gasteiger partial charge >= 0.3 is 5.97 Å². The number of pyridine rings is 1. The van der Waals surface area contributed by atoms with Gasteiger partial charge in [0.2, 0.25) is 0 Å². The predicted molar refractivity (Wildman–Crippen MR) is 60.7 cm³/mol. The van der Waals surface area contributed by atoms with Gasteiger partial charge in [-0.3, -0.25) is 0 Å². The van der Waals surface area contributed by atoms with Gasteiger partial charge in [-0.1, -0.05) is 11.6 Å². The lowest BCUT2D eigenvalue weighted by Gasteiger charge is -1.99. The van der Waals surface area contributed by atoms with Crippen molar-refractivity contribution in [1.82, 2.24) is 4.98 Å². The van der Waals surface area contributed by atoms with Gasteiger partial charge < -0.3 is 4.74 Å². The van der Waals surface area contributed by atoms with E-state index in [2.05, 4.69) is 9.72 Å². The minimum absolute atomic E-state index is 0.373. The third-order valence-corrected chi connectivity index (χ3v) is 3.42. The van der Waals surface area contributed by atoms with Crippen LogP contribution in [0.1, 0.15) is 15.2 Å². The van der Waals surface area contributed by atoms with Crippen molar-refractivity contribution in [3.8, 4) is 0 Å². The van der Waals surface area contributed by atoms with Gasteiger partial charge in [-0.25, -0.2) is 9.78 Å². The van der Waals surface area contributed by atoms with Crippen LogP contribution < -0.4 is 0 Å². The van der Waals surface area contributed by atoms with Crippen LogP contribution in [0.25, 0.3) is 10.9 Å². The second-order valence-corrected chi connectivity index (χ2v) is 4.33. The zero-order chi connectivity index (χ0) is 11.0. The summed E-state index contributed by atoms with van der Waals surface area (Å²) in [5, 5.41) is 3.21. The molecule has 15 heavy (non-hydrogen) atoms. The maximum Gasteiger partial charge on any atom is 0.350 e. The van der Waals surface area contributed by atoms with Crippen LogP contribution >= 0.6 is 22.9 Å². The quantitative estimate of drug-likeness (QED) is 0.569. The number of carbonyl (C=O) groups is 1. The van der Waals surface area contributed by atoms with E-state index in [-0.39, 0.29) is 5.97 Å². The smallest absolute Gasteiger partial charge is 0.350 e. The molecule has 0 radical (unpaired) electrons. The molecule has 0 amide bonds. The Bertz CT molecular complexity index is 535. The van der Waals surface area contributed by atoms with Crippen LogP contribution in [-0.4, -0.2) is 18.1 Å². The first kappa shape index (κ1) is 10.4. The Hall–Kier alpha value is -1.13. The van der Waals surface area contributed by atoms with Gasteiger partial charge in [0.05, 0.1) is 12.6 Å². The molecule has 2 aromatic heterocycles. The molecule has 0 saturated carbocycles. The van der Waals surface area contributed by atoms with Crippen molar-refractivity contribution >= 4 is 39.8 Å². The molecule has 0 spiro atoms. The molecular weight excluding hydrogens is 234 g/mol. The van der Waals surface area contributed by atoms with Crippen molar-refractivity contribution in [2.45, 2.75) is 6.92 Å². The van der Waals surface area contributed by atoms with E-state index in [9.17, 15) is 4.79 Å². The molecule has 5 heteroatoms. The first-order valence-electron chi connectivity index (χ1n) is 4.26. The molecule has 2 heterocycles. The number of halogens is 1. The molecule has 0 atom stereocenters. The summed E-state index contributed by atoms with van der Waals surface area (Å²) in [6, 6.07) is 1.91. The van der Waals surface area contributed by atoms with E-state index in [0.717, 1.165) is 10.9 Å². The molecule has 0 aliphatic carbocycles. The Morgan fingerprint density at radius 2 is 2.33 bits per heavy atom. The number of ether oxygens (including phenoxy) is 1. The number of esters is 1. The topological polar surface area (TPSA) is 39.2 Å². The molecule has 0 aliphatic heterocycles. The number of fused-ring (bicyclic) bond motifs is 1. The monoisotopic (exact) mass is 241 g/mol. The average molecular weight is 242 g/mol. The number of hydrogen-bond acceptors (Lipinski definition) is 4. The zero-order valence-electron chi connectivity index (χ0n) is 8.20. The van der Waals surface area contributed by atoms with E-state index in [1.807, 2.05) is 18.4 Å². The van der Waals surface area contributed by atoms with E-state index in [4.69, 9.17) is 11.6 Å². The molecule has 2 aromatic rings. The molecule has 2 rings (SSSR count). The van der Waals surface area contributed by atoms with Crippen molar-refractivity contribution < 1.29 is 9.53 Å². The van der Waals surface area contributed by atoms with Gasteiger partial charge in [0.25, 0.3) is 0 Å². The van der Waals surface area contributed by atoms with E-state index < -0.39 is 0 Å². The Balaban J connectivity index is 2.69. The number of aromatic nitrogens is 1. The van der Waals surface area contributed by atoms with E-state index in [1.54, 1.807) is 0 Å². The van der Waals surface area contributed by atoms with Gasteiger partial charge in [0, 0.05) is 10.8 Å². The Morgan fingerprint density at radius 3 is 3.00 bits per heavy atom. The second kappa shape index (κ2) is 3.79. The largest absolute Gasteiger partial charge is 0.465 e. The number of thiophene rings is 1. The maximum absolute atomic E-state index is 11.4. The van der Waals surface area contributed by atoms with E-state index in [1.165, 1.54) is 18.4 Å². The Labute approximate surface area is 95.6 Å². The minimum atomic E-state index is -0.373. The van der Waals surface area contributed by atoms with Gasteiger partial charge in [0.15, 0.2) is 0 Å². The molecule has 78 valence electrons. The SMILES string of the molecule is COC(=O)c1scc2cc(C)c(Cl)nc12. The standard InChI is InChI=1S/C10H8ClNO2S/c1-5-3-6-4-15-8(10(13)14-2)7(6)12-9(5)11/h3-4H,1-2H3. The van der Waals surface area contributed by atoms with Crippen LogP contribution in [0.15, 0.2) is 11.4 Å². The number of nitrogens with zero attached hydrogens (tertiary/aromatic N) is 1. The minimum Gasteiger partial charge on any atom is -0.465 e. The van der Waals surface area contributed by atoms with Gasteiger partial charge in [0.1, 0.15) is 10.0 Å². The first-order chi connectivity index (χ1) is 7.13. The molecule has 0 N–H and O–H groups in total. The van der Waals surface area contributed by atoms with E-state index >= 15 is 0 Å². The lowest BCUT2D eigenvalue weighted by molar-refractivity contribution is 0.0608. The van der Waals surface area contributed by atoms with Crippen LogP contribution in [-0.2, 0) is 4.74 Å². The van der Waals surface area contributed by atoms with Crippen molar-refractivity contribution in [2.75, 3.05) is 7.11 Å². The summed E-state index contributed by atoms with van der Waals surface area (Å²) in [6.45, 7) is 1.88. The summed E-state index contributed by atoms with van der Waals surface area (Å²) >= 11 is 7.22. The summed E-state index contributed by atoms with van der Waals surface area (Å²) in [4.78, 5) is 16.1.